The first-order valence-corrected chi connectivity index (χ1v) is 5.39. The van der Waals surface area contributed by atoms with E-state index in [0.29, 0.717) is 18.7 Å². The van der Waals surface area contributed by atoms with Gasteiger partial charge in [0.2, 0.25) is 0 Å². The molecular formula is C14H15NO. The number of benzene rings is 2. The van der Waals surface area contributed by atoms with Crippen LogP contribution in [0, 0.1) is 0 Å². The van der Waals surface area contributed by atoms with Crippen LogP contribution in [-0.4, -0.2) is 11.7 Å². The molecule has 82 valence electrons. The van der Waals surface area contributed by atoms with Gasteiger partial charge in [0.25, 0.3) is 0 Å². The molecule has 0 saturated carbocycles. The van der Waals surface area contributed by atoms with Crippen LogP contribution in [0.2, 0.25) is 0 Å². The minimum atomic E-state index is 0.326. The summed E-state index contributed by atoms with van der Waals surface area (Å²) in [6, 6.07) is 15.6. The third-order valence-electron chi connectivity index (χ3n) is 2.63. The first-order chi connectivity index (χ1) is 7.83. The van der Waals surface area contributed by atoms with Crippen molar-refractivity contribution in [2.45, 2.75) is 6.42 Å². The molecule has 2 nitrogen and oxygen atoms in total. The van der Waals surface area contributed by atoms with E-state index in [1.807, 2.05) is 42.5 Å². The van der Waals surface area contributed by atoms with Gasteiger partial charge in [-0.15, -0.1) is 0 Å². The molecule has 2 aromatic carbocycles. The van der Waals surface area contributed by atoms with Crippen molar-refractivity contribution in [3.8, 4) is 16.9 Å². The standard InChI is InChI=1S/C14H15NO/c15-10-9-13-12(7-4-8-14(13)16)11-5-2-1-3-6-11/h1-8,16H,9-10,15H2. The highest BCUT2D eigenvalue weighted by Crippen LogP contribution is 2.29. The van der Waals surface area contributed by atoms with Crippen LogP contribution in [0.4, 0.5) is 0 Å². The highest BCUT2D eigenvalue weighted by atomic mass is 16.3. The van der Waals surface area contributed by atoms with Gasteiger partial charge in [-0.2, -0.15) is 0 Å². The van der Waals surface area contributed by atoms with Gasteiger partial charge < -0.3 is 10.8 Å². The first kappa shape index (κ1) is 10.7. The average Bonchev–Trinajstić information content (AvgIpc) is 2.33. The number of aromatic hydroxyl groups is 1. The zero-order valence-electron chi connectivity index (χ0n) is 9.06. The normalized spacial score (nSPS) is 10.3. The van der Waals surface area contributed by atoms with E-state index in [0.717, 1.165) is 16.7 Å². The molecule has 0 bridgehead atoms. The Kier molecular flexibility index (Phi) is 3.22. The number of hydrogen-bond donors (Lipinski definition) is 2. The summed E-state index contributed by atoms with van der Waals surface area (Å²) in [4.78, 5) is 0. The van der Waals surface area contributed by atoms with Crippen molar-refractivity contribution in [3.63, 3.8) is 0 Å². The highest BCUT2D eigenvalue weighted by Gasteiger charge is 2.07. The Morgan fingerprint density at radius 2 is 1.69 bits per heavy atom. The van der Waals surface area contributed by atoms with Crippen molar-refractivity contribution < 1.29 is 5.11 Å². The van der Waals surface area contributed by atoms with E-state index in [4.69, 9.17) is 5.73 Å². The molecule has 0 saturated heterocycles. The van der Waals surface area contributed by atoms with Gasteiger partial charge in [-0.3, -0.25) is 0 Å². The van der Waals surface area contributed by atoms with Crippen LogP contribution in [-0.2, 0) is 6.42 Å². The molecule has 0 aromatic heterocycles. The molecule has 0 spiro atoms. The Hall–Kier alpha value is -1.80. The van der Waals surface area contributed by atoms with E-state index in [9.17, 15) is 5.11 Å². The van der Waals surface area contributed by atoms with Gasteiger partial charge in [-0.05, 0) is 30.2 Å². The van der Waals surface area contributed by atoms with Gasteiger partial charge in [0.05, 0.1) is 0 Å². The molecule has 2 rings (SSSR count). The minimum absolute atomic E-state index is 0.326. The summed E-state index contributed by atoms with van der Waals surface area (Å²) in [6.07, 6.45) is 0.691. The van der Waals surface area contributed by atoms with Gasteiger partial charge in [0.15, 0.2) is 0 Å². The van der Waals surface area contributed by atoms with Crippen molar-refractivity contribution >= 4 is 0 Å². The van der Waals surface area contributed by atoms with Crippen LogP contribution >= 0.6 is 0 Å². The zero-order valence-corrected chi connectivity index (χ0v) is 9.06. The van der Waals surface area contributed by atoms with E-state index in [1.165, 1.54) is 0 Å². The molecule has 0 aliphatic heterocycles. The summed E-state index contributed by atoms with van der Waals surface area (Å²) in [5, 5.41) is 9.83. The summed E-state index contributed by atoms with van der Waals surface area (Å²) in [6.45, 7) is 0.539. The number of rotatable bonds is 3. The zero-order chi connectivity index (χ0) is 11.4. The van der Waals surface area contributed by atoms with E-state index in [1.54, 1.807) is 6.07 Å². The fourth-order valence-corrected chi connectivity index (χ4v) is 1.87. The molecule has 3 N–H and O–H groups in total. The van der Waals surface area contributed by atoms with Gasteiger partial charge >= 0.3 is 0 Å². The summed E-state index contributed by atoms with van der Waals surface area (Å²) < 4.78 is 0. The Bertz CT molecular complexity index is 465. The molecule has 0 unspecified atom stereocenters. The second kappa shape index (κ2) is 4.81. The molecule has 0 fully saturated rings. The topological polar surface area (TPSA) is 46.2 Å². The molecule has 2 aromatic rings. The molecule has 0 aliphatic rings. The van der Waals surface area contributed by atoms with Crippen molar-refractivity contribution in [1.29, 1.82) is 0 Å². The molecule has 0 aliphatic carbocycles. The van der Waals surface area contributed by atoms with Gasteiger partial charge in [-0.1, -0.05) is 42.5 Å². The largest absolute Gasteiger partial charge is 0.508 e. The SMILES string of the molecule is NCCc1c(O)cccc1-c1ccccc1. The number of phenols is 1. The van der Waals surface area contributed by atoms with Crippen LogP contribution in [0.25, 0.3) is 11.1 Å². The Morgan fingerprint density at radius 3 is 2.38 bits per heavy atom. The lowest BCUT2D eigenvalue weighted by molar-refractivity contribution is 0.468. The molecular weight excluding hydrogens is 198 g/mol. The predicted molar refractivity (Wildman–Crippen MR) is 66.3 cm³/mol. The Labute approximate surface area is 95.4 Å². The first-order valence-electron chi connectivity index (χ1n) is 5.39. The molecule has 2 heteroatoms. The van der Waals surface area contributed by atoms with Crippen molar-refractivity contribution in [3.05, 3.63) is 54.1 Å². The summed E-state index contributed by atoms with van der Waals surface area (Å²) in [5.74, 6) is 0.326. The maximum atomic E-state index is 9.83. The van der Waals surface area contributed by atoms with Gasteiger partial charge in [0, 0.05) is 5.56 Å². The lowest BCUT2D eigenvalue weighted by Crippen LogP contribution is -2.04. The van der Waals surface area contributed by atoms with E-state index in [2.05, 4.69) is 0 Å². The average molecular weight is 213 g/mol. The fraction of sp³-hybridized carbons (Fsp3) is 0.143. The van der Waals surface area contributed by atoms with Crippen molar-refractivity contribution in [1.82, 2.24) is 0 Å². The minimum Gasteiger partial charge on any atom is -0.508 e. The summed E-state index contributed by atoms with van der Waals surface area (Å²) in [5.41, 5.74) is 8.67. The Morgan fingerprint density at radius 1 is 0.938 bits per heavy atom. The second-order valence-corrected chi connectivity index (χ2v) is 3.71. The van der Waals surface area contributed by atoms with Crippen molar-refractivity contribution in [2.24, 2.45) is 5.73 Å². The third-order valence-corrected chi connectivity index (χ3v) is 2.63. The van der Waals surface area contributed by atoms with E-state index >= 15 is 0 Å². The smallest absolute Gasteiger partial charge is 0.119 e. The van der Waals surface area contributed by atoms with Crippen LogP contribution < -0.4 is 5.73 Å². The quantitative estimate of drug-likeness (QED) is 0.823. The van der Waals surface area contributed by atoms with Crippen molar-refractivity contribution in [2.75, 3.05) is 6.54 Å². The van der Waals surface area contributed by atoms with Crippen LogP contribution in [0.3, 0.4) is 0 Å². The summed E-state index contributed by atoms with van der Waals surface area (Å²) >= 11 is 0. The molecule has 0 atom stereocenters. The fourth-order valence-electron chi connectivity index (χ4n) is 1.87. The predicted octanol–water partition coefficient (Wildman–Crippen LogP) is 2.56. The molecule has 16 heavy (non-hydrogen) atoms. The highest BCUT2D eigenvalue weighted by molar-refractivity contribution is 5.69. The molecule has 0 amide bonds. The van der Waals surface area contributed by atoms with Crippen LogP contribution in [0.5, 0.6) is 5.75 Å². The number of phenolic OH excluding ortho intramolecular Hbond substituents is 1. The Balaban J connectivity index is 2.52. The van der Waals surface area contributed by atoms with Crippen LogP contribution in [0.1, 0.15) is 5.56 Å². The van der Waals surface area contributed by atoms with Gasteiger partial charge in [-0.25, -0.2) is 0 Å². The molecule has 0 radical (unpaired) electrons. The summed E-state index contributed by atoms with van der Waals surface area (Å²) in [7, 11) is 0. The lowest BCUT2D eigenvalue weighted by Gasteiger charge is -2.10. The van der Waals surface area contributed by atoms with E-state index in [-0.39, 0.29) is 0 Å². The number of hydrogen-bond acceptors (Lipinski definition) is 2. The number of nitrogens with two attached hydrogens (primary N) is 1. The maximum absolute atomic E-state index is 9.83. The third kappa shape index (κ3) is 2.07. The molecule has 0 heterocycles. The van der Waals surface area contributed by atoms with E-state index < -0.39 is 0 Å². The second-order valence-electron chi connectivity index (χ2n) is 3.71. The van der Waals surface area contributed by atoms with Gasteiger partial charge in [0.1, 0.15) is 5.75 Å². The maximum Gasteiger partial charge on any atom is 0.119 e. The monoisotopic (exact) mass is 213 g/mol. The van der Waals surface area contributed by atoms with Crippen LogP contribution in [0.15, 0.2) is 48.5 Å². The lowest BCUT2D eigenvalue weighted by atomic mass is 9.97.